The van der Waals surface area contributed by atoms with Crippen LogP contribution in [0.5, 0.6) is 0 Å². The Balaban J connectivity index is 2.18. The van der Waals surface area contributed by atoms with E-state index in [0.29, 0.717) is 6.42 Å². The lowest BCUT2D eigenvalue weighted by molar-refractivity contribution is -0.0429. The molecule has 1 N–H and O–H groups in total. The Labute approximate surface area is 137 Å². The van der Waals surface area contributed by atoms with E-state index in [1.54, 1.807) is 0 Å². The summed E-state index contributed by atoms with van der Waals surface area (Å²) in [6.07, 6.45) is 0.453. The molecule has 0 radical (unpaired) electrons. The highest BCUT2D eigenvalue weighted by Gasteiger charge is 2.46. The fourth-order valence-corrected chi connectivity index (χ4v) is 2.64. The second-order valence-corrected chi connectivity index (χ2v) is 6.68. The van der Waals surface area contributed by atoms with Crippen LogP contribution in [0.3, 0.4) is 0 Å². The molecule has 0 aromatic heterocycles. The molecule has 2 aromatic carbocycles. The number of aryl methyl sites for hydroxylation is 1. The number of ketones is 1. The summed E-state index contributed by atoms with van der Waals surface area (Å²) in [4.78, 5) is 12.3. The summed E-state index contributed by atoms with van der Waals surface area (Å²) < 4.78 is 61.3. The van der Waals surface area contributed by atoms with Gasteiger partial charge in [0.05, 0.1) is 5.69 Å². The first-order valence-electron chi connectivity index (χ1n) is 6.96. The number of carbonyl (C=O) groups excluding carboxylic acids is 1. The van der Waals surface area contributed by atoms with Gasteiger partial charge in [-0.25, -0.2) is 0 Å². The maximum Gasteiger partial charge on any atom is 0.516 e. The number of alkyl halides is 3. The molecule has 2 rings (SSSR count). The molecule has 0 atom stereocenters. The third kappa shape index (κ3) is 4.35. The van der Waals surface area contributed by atoms with Gasteiger partial charge in [-0.3, -0.25) is 9.52 Å². The summed E-state index contributed by atoms with van der Waals surface area (Å²) >= 11 is 0. The van der Waals surface area contributed by atoms with Crippen molar-refractivity contribution < 1.29 is 26.4 Å². The molecule has 128 valence electrons. The zero-order chi connectivity index (χ0) is 17.8. The van der Waals surface area contributed by atoms with Crippen LogP contribution < -0.4 is 4.72 Å². The quantitative estimate of drug-likeness (QED) is 0.801. The van der Waals surface area contributed by atoms with Gasteiger partial charge in [-0.1, -0.05) is 42.5 Å². The van der Waals surface area contributed by atoms with E-state index in [4.69, 9.17) is 0 Å². The molecule has 0 spiro atoms. The fraction of sp³-hybridized carbons (Fsp3) is 0.188. The van der Waals surface area contributed by atoms with Crippen LogP contribution in [0, 0.1) is 0 Å². The van der Waals surface area contributed by atoms with Crippen molar-refractivity contribution in [2.75, 3.05) is 4.72 Å². The summed E-state index contributed by atoms with van der Waals surface area (Å²) in [6, 6.07) is 14.3. The minimum absolute atomic E-state index is 0.0504. The third-order valence-electron chi connectivity index (χ3n) is 3.26. The number of hydrogen-bond donors (Lipinski definition) is 1. The Morgan fingerprint density at radius 1 is 0.958 bits per heavy atom. The van der Waals surface area contributed by atoms with Gasteiger partial charge in [0, 0.05) is 12.0 Å². The first kappa shape index (κ1) is 18.0. The molecule has 8 heteroatoms. The molecule has 0 aliphatic heterocycles. The Morgan fingerprint density at radius 3 is 2.17 bits per heavy atom. The lowest BCUT2D eigenvalue weighted by Crippen LogP contribution is -2.30. The van der Waals surface area contributed by atoms with Crippen molar-refractivity contribution in [1.29, 1.82) is 0 Å². The molecule has 0 saturated carbocycles. The summed E-state index contributed by atoms with van der Waals surface area (Å²) in [5.74, 6) is -0.445. The van der Waals surface area contributed by atoms with Crippen molar-refractivity contribution in [2.45, 2.75) is 18.3 Å². The number of nitrogens with one attached hydrogen (secondary N) is 1. The molecule has 0 saturated heterocycles. The van der Waals surface area contributed by atoms with Crippen molar-refractivity contribution >= 4 is 21.5 Å². The highest BCUT2D eigenvalue weighted by atomic mass is 32.2. The first-order valence-corrected chi connectivity index (χ1v) is 8.44. The lowest BCUT2D eigenvalue weighted by atomic mass is 10.0. The number of rotatable bonds is 6. The molecule has 0 heterocycles. The van der Waals surface area contributed by atoms with Crippen LogP contribution in [0.1, 0.15) is 22.3 Å². The monoisotopic (exact) mass is 357 g/mol. The van der Waals surface area contributed by atoms with E-state index in [2.05, 4.69) is 0 Å². The predicted molar refractivity (Wildman–Crippen MR) is 84.1 cm³/mol. The second kappa shape index (κ2) is 7.04. The zero-order valence-electron chi connectivity index (χ0n) is 12.4. The summed E-state index contributed by atoms with van der Waals surface area (Å²) in [5, 5.41) is 0. The van der Waals surface area contributed by atoms with E-state index in [0.717, 1.165) is 11.6 Å². The molecule has 2 aromatic rings. The van der Waals surface area contributed by atoms with E-state index in [9.17, 15) is 26.4 Å². The molecule has 0 bridgehead atoms. The number of Topliss-reactive ketones (excluding diaryl/α,β-unsaturated/α-hetero) is 1. The van der Waals surface area contributed by atoms with Crippen LogP contribution in [-0.2, 0) is 16.4 Å². The van der Waals surface area contributed by atoms with Gasteiger partial charge in [0.25, 0.3) is 0 Å². The van der Waals surface area contributed by atoms with Gasteiger partial charge < -0.3 is 0 Å². The van der Waals surface area contributed by atoms with Crippen molar-refractivity contribution in [3.05, 3.63) is 65.7 Å². The number of carbonyl (C=O) groups is 1. The zero-order valence-corrected chi connectivity index (χ0v) is 13.2. The van der Waals surface area contributed by atoms with Crippen molar-refractivity contribution in [1.82, 2.24) is 0 Å². The average Bonchev–Trinajstić information content (AvgIpc) is 2.52. The third-order valence-corrected chi connectivity index (χ3v) is 4.36. The number of benzene rings is 2. The molecular formula is C16H14F3NO3S. The second-order valence-electron chi connectivity index (χ2n) is 5.01. The predicted octanol–water partition coefficient (Wildman–Crippen LogP) is 3.76. The highest BCUT2D eigenvalue weighted by Crippen LogP contribution is 2.27. The van der Waals surface area contributed by atoms with E-state index in [1.807, 2.05) is 30.3 Å². The highest BCUT2D eigenvalue weighted by molar-refractivity contribution is 7.93. The summed E-state index contributed by atoms with van der Waals surface area (Å²) in [7, 11) is -5.58. The molecular weight excluding hydrogens is 343 g/mol. The van der Waals surface area contributed by atoms with E-state index in [1.165, 1.54) is 22.9 Å². The van der Waals surface area contributed by atoms with Crippen LogP contribution in [0.25, 0.3) is 0 Å². The molecule has 0 amide bonds. The van der Waals surface area contributed by atoms with Crippen molar-refractivity contribution in [3.8, 4) is 0 Å². The van der Waals surface area contributed by atoms with Gasteiger partial charge in [-0.2, -0.15) is 21.6 Å². The van der Waals surface area contributed by atoms with E-state index < -0.39 is 21.3 Å². The maximum absolute atomic E-state index is 12.5. The van der Waals surface area contributed by atoms with Crippen LogP contribution in [0.15, 0.2) is 54.6 Å². The molecule has 24 heavy (non-hydrogen) atoms. The fourth-order valence-electron chi connectivity index (χ4n) is 2.06. The number of hydrogen-bond acceptors (Lipinski definition) is 3. The largest absolute Gasteiger partial charge is 0.516 e. The average molecular weight is 357 g/mol. The van der Waals surface area contributed by atoms with Gasteiger partial charge in [0.2, 0.25) is 0 Å². The van der Waals surface area contributed by atoms with Gasteiger partial charge in [-0.05, 0) is 24.1 Å². The van der Waals surface area contributed by atoms with Crippen LogP contribution in [0.2, 0.25) is 0 Å². The van der Waals surface area contributed by atoms with E-state index in [-0.39, 0.29) is 17.7 Å². The minimum atomic E-state index is -5.58. The SMILES string of the molecule is O=C(CCc1ccccc1)c1ccccc1NS(=O)(=O)C(F)(F)F. The molecule has 0 fully saturated rings. The summed E-state index contributed by atoms with van der Waals surface area (Å²) in [5.41, 5.74) is -5.03. The van der Waals surface area contributed by atoms with Gasteiger partial charge >= 0.3 is 15.5 Å². The first-order chi connectivity index (χ1) is 11.2. The number of para-hydroxylation sites is 1. The van der Waals surface area contributed by atoms with Gasteiger partial charge in [-0.15, -0.1) is 0 Å². The number of sulfonamides is 1. The minimum Gasteiger partial charge on any atom is -0.294 e. The van der Waals surface area contributed by atoms with Crippen LogP contribution in [-0.4, -0.2) is 19.7 Å². The normalized spacial score (nSPS) is 12.0. The standard InChI is InChI=1S/C16H14F3NO3S/c17-16(18,19)24(22,23)20-14-9-5-4-8-13(14)15(21)11-10-12-6-2-1-3-7-12/h1-9,20H,10-11H2. The molecule has 0 aliphatic rings. The molecule has 0 aliphatic carbocycles. The van der Waals surface area contributed by atoms with Crippen LogP contribution >= 0.6 is 0 Å². The maximum atomic E-state index is 12.5. The lowest BCUT2D eigenvalue weighted by Gasteiger charge is -2.13. The Bertz CT molecular complexity index is 818. The van der Waals surface area contributed by atoms with Gasteiger partial charge in [0.1, 0.15) is 0 Å². The molecule has 4 nitrogen and oxygen atoms in total. The Kier molecular flexibility index (Phi) is 5.28. The Morgan fingerprint density at radius 2 is 1.54 bits per heavy atom. The van der Waals surface area contributed by atoms with Gasteiger partial charge in [0.15, 0.2) is 5.78 Å². The van der Waals surface area contributed by atoms with Crippen molar-refractivity contribution in [2.24, 2.45) is 0 Å². The smallest absolute Gasteiger partial charge is 0.294 e. The molecule has 0 unspecified atom stereocenters. The Hall–Kier alpha value is -2.35. The number of halogens is 3. The van der Waals surface area contributed by atoms with Crippen LogP contribution in [0.4, 0.5) is 18.9 Å². The number of anilines is 1. The van der Waals surface area contributed by atoms with E-state index >= 15 is 0 Å². The summed E-state index contributed by atoms with van der Waals surface area (Å²) in [6.45, 7) is 0. The van der Waals surface area contributed by atoms with Crippen molar-refractivity contribution in [3.63, 3.8) is 0 Å². The topological polar surface area (TPSA) is 63.2 Å².